The maximum atomic E-state index is 13.3. The molecule has 0 amide bonds. The summed E-state index contributed by atoms with van der Waals surface area (Å²) in [5.74, 6) is -0.594. The molecule has 1 aliphatic carbocycles. The van der Waals surface area contributed by atoms with Gasteiger partial charge in [0.25, 0.3) is 0 Å². The topological polar surface area (TPSA) is 40.5 Å². The number of carboxylic acid groups (broad SMARTS) is 1. The van der Waals surface area contributed by atoms with E-state index in [9.17, 15) is 14.3 Å². The summed E-state index contributed by atoms with van der Waals surface area (Å²) in [5.41, 5.74) is 0.0162. The van der Waals surface area contributed by atoms with Gasteiger partial charge in [0.1, 0.15) is 5.82 Å². The van der Waals surface area contributed by atoms with E-state index < -0.39 is 11.4 Å². The highest BCUT2D eigenvalue weighted by Gasteiger charge is 2.42. The van der Waals surface area contributed by atoms with E-state index in [1.54, 1.807) is 6.07 Å². The molecular weight excluding hydrogens is 257 g/mol. The average molecular weight is 279 g/mol. The number of nitrogens with zero attached hydrogens (tertiary/aromatic N) is 1. The lowest BCUT2D eigenvalue weighted by Gasteiger charge is -2.39. The third-order valence-corrected chi connectivity index (χ3v) is 4.33. The minimum absolute atomic E-state index is 0.296. The van der Waals surface area contributed by atoms with E-state index in [1.807, 2.05) is 18.0 Å². The van der Waals surface area contributed by atoms with Crippen LogP contribution in [0.5, 0.6) is 0 Å². The molecule has 4 heteroatoms. The van der Waals surface area contributed by atoms with E-state index in [4.69, 9.17) is 0 Å². The summed E-state index contributed by atoms with van der Waals surface area (Å²) in [5, 5.41) is 9.66. The van der Waals surface area contributed by atoms with Gasteiger partial charge in [-0.3, -0.25) is 4.79 Å². The SMILES string of the molecule is CC1CCCC(CN(C)c2cccc(F)c2)(C(=O)O)C1. The first-order chi connectivity index (χ1) is 9.43. The summed E-state index contributed by atoms with van der Waals surface area (Å²) < 4.78 is 13.3. The number of aliphatic carboxylic acids is 1. The van der Waals surface area contributed by atoms with Crippen LogP contribution in [0, 0.1) is 17.2 Å². The fraction of sp³-hybridized carbons (Fsp3) is 0.562. The number of hydrogen-bond donors (Lipinski definition) is 1. The summed E-state index contributed by atoms with van der Waals surface area (Å²) in [6.07, 6.45) is 3.44. The van der Waals surface area contributed by atoms with Crippen molar-refractivity contribution in [3.63, 3.8) is 0 Å². The summed E-state index contributed by atoms with van der Waals surface area (Å²) in [6.45, 7) is 2.54. The van der Waals surface area contributed by atoms with Gasteiger partial charge >= 0.3 is 5.97 Å². The Bertz CT molecular complexity index is 491. The minimum atomic E-state index is -0.729. The molecule has 2 atom stereocenters. The van der Waals surface area contributed by atoms with Gasteiger partial charge in [0.15, 0.2) is 0 Å². The molecule has 0 bridgehead atoms. The number of hydrogen-bond acceptors (Lipinski definition) is 2. The zero-order valence-electron chi connectivity index (χ0n) is 12.1. The van der Waals surface area contributed by atoms with Crippen LogP contribution in [0.15, 0.2) is 24.3 Å². The van der Waals surface area contributed by atoms with Crippen molar-refractivity contribution in [2.24, 2.45) is 11.3 Å². The Kier molecular flexibility index (Phi) is 4.31. The van der Waals surface area contributed by atoms with Crippen molar-refractivity contribution in [2.75, 3.05) is 18.5 Å². The third-order valence-electron chi connectivity index (χ3n) is 4.33. The molecule has 0 heterocycles. The summed E-state index contributed by atoms with van der Waals surface area (Å²) in [4.78, 5) is 13.6. The maximum Gasteiger partial charge on any atom is 0.311 e. The van der Waals surface area contributed by atoms with Gasteiger partial charge in [-0.15, -0.1) is 0 Å². The Labute approximate surface area is 119 Å². The number of anilines is 1. The second-order valence-corrected chi connectivity index (χ2v) is 6.12. The standard InChI is InChI=1S/C16H22FNO2/c1-12-5-4-8-16(10-12,15(19)20)11-18(2)14-7-3-6-13(17)9-14/h3,6-7,9,12H,4-5,8,10-11H2,1-2H3,(H,19,20). The van der Waals surface area contributed by atoms with Gasteiger partial charge in [-0.2, -0.15) is 0 Å². The first kappa shape index (κ1) is 14.8. The van der Waals surface area contributed by atoms with Crippen molar-refractivity contribution < 1.29 is 14.3 Å². The van der Waals surface area contributed by atoms with Crippen LogP contribution in [0.3, 0.4) is 0 Å². The normalized spacial score (nSPS) is 26.2. The molecule has 2 unspecified atom stereocenters. The molecule has 0 spiro atoms. The van der Waals surface area contributed by atoms with E-state index >= 15 is 0 Å². The lowest BCUT2D eigenvalue weighted by atomic mass is 9.69. The molecule has 110 valence electrons. The van der Waals surface area contributed by atoms with Gasteiger partial charge < -0.3 is 10.0 Å². The highest BCUT2D eigenvalue weighted by Crippen LogP contribution is 2.40. The summed E-state index contributed by atoms with van der Waals surface area (Å²) >= 11 is 0. The molecule has 1 saturated carbocycles. The molecule has 1 aromatic rings. The van der Waals surface area contributed by atoms with Gasteiger partial charge in [0, 0.05) is 19.3 Å². The molecule has 2 rings (SSSR count). The van der Waals surface area contributed by atoms with Gasteiger partial charge in [0.05, 0.1) is 5.41 Å². The van der Waals surface area contributed by atoms with Crippen LogP contribution in [0.2, 0.25) is 0 Å². The molecule has 1 N–H and O–H groups in total. The Balaban J connectivity index is 2.18. The van der Waals surface area contributed by atoms with Crippen molar-refractivity contribution in [3.8, 4) is 0 Å². The fourth-order valence-corrected chi connectivity index (χ4v) is 3.32. The molecule has 0 radical (unpaired) electrons. The fourth-order valence-electron chi connectivity index (χ4n) is 3.32. The van der Waals surface area contributed by atoms with Crippen LogP contribution in [-0.2, 0) is 4.79 Å². The summed E-state index contributed by atoms with van der Waals surface area (Å²) in [7, 11) is 1.83. The van der Waals surface area contributed by atoms with Crippen LogP contribution >= 0.6 is 0 Å². The van der Waals surface area contributed by atoms with Crippen molar-refractivity contribution in [1.82, 2.24) is 0 Å². The van der Waals surface area contributed by atoms with Gasteiger partial charge in [0.2, 0.25) is 0 Å². The number of carbonyl (C=O) groups is 1. The van der Waals surface area contributed by atoms with E-state index in [-0.39, 0.29) is 5.82 Å². The number of rotatable bonds is 4. The van der Waals surface area contributed by atoms with Crippen LogP contribution in [0.4, 0.5) is 10.1 Å². The molecule has 1 aromatic carbocycles. The lowest BCUT2D eigenvalue weighted by Crippen LogP contribution is -2.45. The second kappa shape index (κ2) is 5.81. The Hall–Kier alpha value is -1.58. The Morgan fingerprint density at radius 3 is 2.90 bits per heavy atom. The quantitative estimate of drug-likeness (QED) is 0.916. The molecule has 0 aliphatic heterocycles. The van der Waals surface area contributed by atoms with E-state index in [0.29, 0.717) is 25.3 Å². The number of halogens is 1. The predicted molar refractivity (Wildman–Crippen MR) is 77.4 cm³/mol. The summed E-state index contributed by atoms with van der Waals surface area (Å²) in [6, 6.07) is 6.30. The number of carboxylic acids is 1. The predicted octanol–water partition coefficient (Wildman–Crippen LogP) is 3.54. The van der Waals surface area contributed by atoms with Crippen LogP contribution in [0.25, 0.3) is 0 Å². The zero-order chi connectivity index (χ0) is 14.8. The van der Waals surface area contributed by atoms with Crippen molar-refractivity contribution in [3.05, 3.63) is 30.1 Å². The van der Waals surface area contributed by atoms with Crippen molar-refractivity contribution in [2.45, 2.75) is 32.6 Å². The first-order valence-electron chi connectivity index (χ1n) is 7.13. The van der Waals surface area contributed by atoms with Crippen LogP contribution in [0.1, 0.15) is 32.6 Å². The molecule has 3 nitrogen and oxygen atoms in total. The second-order valence-electron chi connectivity index (χ2n) is 6.12. The zero-order valence-corrected chi connectivity index (χ0v) is 12.1. The van der Waals surface area contributed by atoms with Gasteiger partial charge in [-0.05, 0) is 37.0 Å². The van der Waals surface area contributed by atoms with Crippen molar-refractivity contribution >= 4 is 11.7 Å². The van der Waals surface area contributed by atoms with E-state index in [2.05, 4.69) is 6.92 Å². The highest BCUT2D eigenvalue weighted by molar-refractivity contribution is 5.76. The lowest BCUT2D eigenvalue weighted by molar-refractivity contribution is -0.151. The average Bonchev–Trinajstić information content (AvgIpc) is 2.38. The van der Waals surface area contributed by atoms with E-state index in [0.717, 1.165) is 18.5 Å². The van der Waals surface area contributed by atoms with Crippen LogP contribution in [-0.4, -0.2) is 24.7 Å². The first-order valence-corrected chi connectivity index (χ1v) is 7.13. The molecule has 20 heavy (non-hydrogen) atoms. The van der Waals surface area contributed by atoms with Gasteiger partial charge in [-0.1, -0.05) is 25.8 Å². The minimum Gasteiger partial charge on any atom is -0.481 e. The smallest absolute Gasteiger partial charge is 0.311 e. The molecular formula is C16H22FNO2. The molecule has 0 aromatic heterocycles. The molecule has 1 fully saturated rings. The number of benzene rings is 1. The third kappa shape index (κ3) is 3.11. The largest absolute Gasteiger partial charge is 0.481 e. The van der Waals surface area contributed by atoms with E-state index in [1.165, 1.54) is 12.1 Å². The monoisotopic (exact) mass is 279 g/mol. The molecule has 0 saturated heterocycles. The van der Waals surface area contributed by atoms with Crippen LogP contribution < -0.4 is 4.90 Å². The van der Waals surface area contributed by atoms with Gasteiger partial charge in [-0.25, -0.2) is 4.39 Å². The Morgan fingerprint density at radius 1 is 1.55 bits per heavy atom. The maximum absolute atomic E-state index is 13.3. The van der Waals surface area contributed by atoms with Crippen molar-refractivity contribution in [1.29, 1.82) is 0 Å². The highest BCUT2D eigenvalue weighted by atomic mass is 19.1. The Morgan fingerprint density at radius 2 is 2.30 bits per heavy atom. The molecule has 1 aliphatic rings.